The molecule has 28 heavy (non-hydrogen) atoms. The fourth-order valence-electron chi connectivity index (χ4n) is 2.75. The molecule has 3 aromatic carbocycles. The summed E-state index contributed by atoms with van der Waals surface area (Å²) >= 11 is 5.94. The highest BCUT2D eigenvalue weighted by Gasteiger charge is 2.16. The maximum absolute atomic E-state index is 12.6. The number of nitrogens with zero attached hydrogens (tertiary/aromatic N) is 1. The zero-order chi connectivity index (χ0) is 19.9. The molecule has 142 valence electrons. The molecule has 0 aromatic heterocycles. The minimum Gasteiger partial charge on any atom is -0.378 e. The molecule has 1 atom stereocenters. The van der Waals surface area contributed by atoms with Gasteiger partial charge >= 0.3 is 0 Å². The van der Waals surface area contributed by atoms with Gasteiger partial charge in [-0.05, 0) is 42.0 Å². The Labute approximate surface area is 167 Å². The van der Waals surface area contributed by atoms with Crippen LogP contribution in [-0.4, -0.2) is 10.8 Å². The van der Waals surface area contributed by atoms with Crippen molar-refractivity contribution >= 4 is 34.6 Å². The second-order valence-electron chi connectivity index (χ2n) is 6.17. The Morgan fingerprint density at radius 3 is 2.14 bits per heavy atom. The summed E-state index contributed by atoms with van der Waals surface area (Å²) in [4.78, 5) is 22.8. The van der Waals surface area contributed by atoms with Crippen LogP contribution in [0.2, 0.25) is 5.02 Å². The summed E-state index contributed by atoms with van der Waals surface area (Å²) in [7, 11) is 0. The van der Waals surface area contributed by atoms with Crippen LogP contribution in [0.15, 0.2) is 78.9 Å². The zero-order valence-corrected chi connectivity index (χ0v) is 15.6. The van der Waals surface area contributed by atoms with Gasteiger partial charge in [-0.3, -0.25) is 14.9 Å². The van der Waals surface area contributed by atoms with E-state index in [2.05, 4.69) is 10.6 Å². The number of nitrogens with one attached hydrogen (secondary N) is 2. The number of non-ortho nitro benzene ring substituents is 1. The molecule has 0 bridgehead atoms. The molecule has 7 heteroatoms. The third-order valence-electron chi connectivity index (χ3n) is 4.14. The molecule has 0 spiro atoms. The Balaban J connectivity index is 1.72. The summed E-state index contributed by atoms with van der Waals surface area (Å²) in [5, 5.41) is 17.5. The van der Waals surface area contributed by atoms with Crippen LogP contribution in [0.1, 0.15) is 18.0 Å². The first kappa shape index (κ1) is 19.4. The minimum absolute atomic E-state index is 0.0235. The second-order valence-corrected chi connectivity index (χ2v) is 6.61. The summed E-state index contributed by atoms with van der Waals surface area (Å²) in [6, 6.07) is 22.4. The Kier molecular flexibility index (Phi) is 6.24. The average molecular weight is 396 g/mol. The molecule has 1 unspecified atom stereocenters. The van der Waals surface area contributed by atoms with Gasteiger partial charge in [0.05, 0.1) is 17.4 Å². The maximum atomic E-state index is 12.6. The lowest BCUT2D eigenvalue weighted by atomic mass is 10.0. The van der Waals surface area contributed by atoms with Crippen molar-refractivity contribution in [1.82, 2.24) is 0 Å². The number of carbonyl (C=O) groups excluding carboxylic acids is 1. The zero-order valence-electron chi connectivity index (χ0n) is 14.8. The van der Waals surface area contributed by atoms with Crippen molar-refractivity contribution in [3.63, 3.8) is 0 Å². The number of anilines is 2. The molecule has 0 saturated carbocycles. The highest BCUT2D eigenvalue weighted by Crippen LogP contribution is 2.25. The van der Waals surface area contributed by atoms with E-state index in [0.717, 1.165) is 11.3 Å². The van der Waals surface area contributed by atoms with Gasteiger partial charge in [0.15, 0.2) is 0 Å². The molecule has 0 aliphatic heterocycles. The Hall–Kier alpha value is -3.38. The van der Waals surface area contributed by atoms with Crippen LogP contribution in [0.4, 0.5) is 17.1 Å². The maximum Gasteiger partial charge on any atom is 0.269 e. The lowest BCUT2D eigenvalue weighted by Crippen LogP contribution is -2.20. The van der Waals surface area contributed by atoms with Crippen LogP contribution in [-0.2, 0) is 4.79 Å². The summed E-state index contributed by atoms with van der Waals surface area (Å²) in [5.74, 6) is -0.204. The van der Waals surface area contributed by atoms with E-state index in [0.29, 0.717) is 10.7 Å². The number of benzene rings is 3. The molecule has 0 radical (unpaired) electrons. The van der Waals surface area contributed by atoms with Gasteiger partial charge in [0, 0.05) is 28.5 Å². The van der Waals surface area contributed by atoms with E-state index in [-0.39, 0.29) is 24.1 Å². The van der Waals surface area contributed by atoms with Gasteiger partial charge in [0.25, 0.3) is 5.69 Å². The molecule has 0 aliphatic carbocycles. The molecule has 0 saturated heterocycles. The van der Waals surface area contributed by atoms with E-state index in [1.54, 1.807) is 12.1 Å². The van der Waals surface area contributed by atoms with Crippen molar-refractivity contribution in [2.75, 3.05) is 10.6 Å². The van der Waals surface area contributed by atoms with E-state index < -0.39 is 4.92 Å². The van der Waals surface area contributed by atoms with Gasteiger partial charge in [0.2, 0.25) is 5.91 Å². The highest BCUT2D eigenvalue weighted by atomic mass is 35.5. The monoisotopic (exact) mass is 395 g/mol. The van der Waals surface area contributed by atoms with Gasteiger partial charge in [-0.15, -0.1) is 0 Å². The van der Waals surface area contributed by atoms with E-state index in [1.165, 1.54) is 24.3 Å². The Morgan fingerprint density at radius 2 is 1.54 bits per heavy atom. The molecular weight excluding hydrogens is 378 g/mol. The lowest BCUT2D eigenvalue weighted by molar-refractivity contribution is -0.384. The Bertz CT molecular complexity index is 945. The smallest absolute Gasteiger partial charge is 0.269 e. The lowest BCUT2D eigenvalue weighted by Gasteiger charge is -2.20. The summed E-state index contributed by atoms with van der Waals surface area (Å²) in [5.41, 5.74) is 2.30. The molecule has 0 fully saturated rings. The minimum atomic E-state index is -0.479. The number of hydrogen-bond acceptors (Lipinski definition) is 4. The fourth-order valence-corrected chi connectivity index (χ4v) is 2.87. The van der Waals surface area contributed by atoms with Crippen LogP contribution >= 0.6 is 11.6 Å². The molecule has 6 nitrogen and oxygen atoms in total. The van der Waals surface area contributed by atoms with Crippen molar-refractivity contribution in [2.45, 2.75) is 12.5 Å². The second kappa shape index (κ2) is 9.01. The third kappa shape index (κ3) is 5.31. The molecule has 0 aliphatic rings. The molecule has 2 N–H and O–H groups in total. The number of rotatable bonds is 7. The molecular formula is C21H18ClN3O3. The summed E-state index contributed by atoms with van der Waals surface area (Å²) in [6.45, 7) is 0. The standard InChI is InChI=1S/C21H18ClN3O3/c22-16-6-8-17(9-7-16)23-20(15-4-2-1-3-5-15)14-21(26)24-18-10-12-19(13-11-18)25(27)28/h1-13,20,23H,14H2,(H,24,26). The van der Waals surface area contributed by atoms with Crippen LogP contribution in [0.25, 0.3) is 0 Å². The largest absolute Gasteiger partial charge is 0.378 e. The predicted molar refractivity (Wildman–Crippen MR) is 111 cm³/mol. The van der Waals surface area contributed by atoms with E-state index >= 15 is 0 Å². The van der Waals surface area contributed by atoms with Crippen LogP contribution in [0.3, 0.4) is 0 Å². The summed E-state index contributed by atoms with van der Waals surface area (Å²) < 4.78 is 0. The highest BCUT2D eigenvalue weighted by molar-refractivity contribution is 6.30. The van der Waals surface area contributed by atoms with Crippen molar-refractivity contribution in [3.05, 3.63) is 99.6 Å². The van der Waals surface area contributed by atoms with Gasteiger partial charge < -0.3 is 10.6 Å². The SMILES string of the molecule is O=C(CC(Nc1ccc(Cl)cc1)c1ccccc1)Nc1ccc([N+](=O)[O-])cc1. The van der Waals surface area contributed by atoms with E-state index in [4.69, 9.17) is 11.6 Å². The van der Waals surface area contributed by atoms with Crippen molar-refractivity contribution in [1.29, 1.82) is 0 Å². The van der Waals surface area contributed by atoms with Gasteiger partial charge in [-0.25, -0.2) is 0 Å². The third-order valence-corrected chi connectivity index (χ3v) is 4.39. The van der Waals surface area contributed by atoms with Crippen LogP contribution < -0.4 is 10.6 Å². The summed E-state index contributed by atoms with van der Waals surface area (Å²) in [6.07, 6.45) is 0.184. The Morgan fingerprint density at radius 1 is 0.929 bits per heavy atom. The molecule has 1 amide bonds. The van der Waals surface area contributed by atoms with E-state index in [9.17, 15) is 14.9 Å². The van der Waals surface area contributed by atoms with Crippen molar-refractivity contribution in [2.24, 2.45) is 0 Å². The number of nitro benzene ring substituents is 1. The fraction of sp³-hybridized carbons (Fsp3) is 0.0952. The molecule has 3 rings (SSSR count). The quantitative estimate of drug-likeness (QED) is 0.412. The predicted octanol–water partition coefficient (Wildman–Crippen LogP) is 5.43. The number of carbonyl (C=O) groups is 1. The number of amides is 1. The van der Waals surface area contributed by atoms with Crippen LogP contribution in [0.5, 0.6) is 0 Å². The number of nitro groups is 1. The van der Waals surface area contributed by atoms with Crippen molar-refractivity contribution in [3.8, 4) is 0 Å². The first-order chi connectivity index (χ1) is 13.5. The molecule has 3 aromatic rings. The molecule has 0 heterocycles. The number of hydrogen-bond donors (Lipinski definition) is 2. The first-order valence-corrected chi connectivity index (χ1v) is 9.00. The van der Waals surface area contributed by atoms with Gasteiger partial charge in [0.1, 0.15) is 0 Å². The average Bonchev–Trinajstić information content (AvgIpc) is 2.70. The number of halogens is 1. The van der Waals surface area contributed by atoms with E-state index in [1.807, 2.05) is 42.5 Å². The van der Waals surface area contributed by atoms with Gasteiger partial charge in [-0.1, -0.05) is 41.9 Å². The van der Waals surface area contributed by atoms with Gasteiger partial charge in [-0.2, -0.15) is 0 Å². The topological polar surface area (TPSA) is 84.3 Å². The van der Waals surface area contributed by atoms with Crippen molar-refractivity contribution < 1.29 is 9.72 Å². The normalized spacial score (nSPS) is 11.5. The van der Waals surface area contributed by atoms with Crippen LogP contribution in [0, 0.1) is 10.1 Å². The first-order valence-electron chi connectivity index (χ1n) is 8.62.